The van der Waals surface area contributed by atoms with Gasteiger partial charge in [-0.2, -0.15) is 20.1 Å². The summed E-state index contributed by atoms with van der Waals surface area (Å²) >= 11 is 6.08. The molecular formula is C33H23ClN8Na4O16S5. The Hall–Kier alpha value is -1.99. The molecule has 24 nitrogen and oxygen atoms in total. The zero-order chi connectivity index (χ0) is 46.1. The van der Waals surface area contributed by atoms with Crippen LogP contribution in [0.1, 0.15) is 15.9 Å². The predicted octanol–water partition coefficient (Wildman–Crippen LogP) is -9.62. The Labute approximate surface area is 475 Å². The van der Waals surface area contributed by atoms with Crippen molar-refractivity contribution in [3.63, 3.8) is 0 Å². The predicted molar refractivity (Wildman–Crippen MR) is 217 cm³/mol. The van der Waals surface area contributed by atoms with E-state index < -0.39 is 100 Å². The Bertz CT molecular complexity index is 3360. The number of aromatic nitrogens is 3. The number of nitrogens with zero attached hydrogens (tertiary/aromatic N) is 4. The molecular weight excluding hydrogens is 1050 g/mol. The molecule has 0 aliphatic heterocycles. The Morgan fingerprint density at radius 1 is 0.612 bits per heavy atom. The van der Waals surface area contributed by atoms with Crippen LogP contribution in [0.3, 0.4) is 0 Å². The number of rotatable bonds is 16. The zero-order valence-corrected chi connectivity index (χ0v) is 47.7. The van der Waals surface area contributed by atoms with Crippen LogP contribution in [0.4, 0.5) is 40.3 Å². The van der Waals surface area contributed by atoms with Crippen molar-refractivity contribution in [2.24, 2.45) is 5.10 Å². The SMILES string of the molecule is O=C1C(=NNc2cc(Nc3nc(Cl)nc(Nc4cccc(S(=O)(=O)CCOS(=O)(=O)[O-])c4)n3)ccc2S(=O)(=O)[O-])C(S(=O)(=O)[O-])=Cc2ccc(Nc3cccc(S(=O)(=O)[O-])c3)cc21.[Na+].[Na+].[Na+].[Na+]. The van der Waals surface area contributed by atoms with E-state index >= 15 is 0 Å². The van der Waals surface area contributed by atoms with Crippen LogP contribution < -0.4 is 140 Å². The van der Waals surface area contributed by atoms with Crippen LogP contribution in [0.25, 0.3) is 6.08 Å². The van der Waals surface area contributed by atoms with Crippen LogP contribution >= 0.6 is 11.6 Å². The summed E-state index contributed by atoms with van der Waals surface area (Å²) in [6.07, 6.45) is 0.823. The minimum absolute atomic E-state index is 0. The molecule has 0 fully saturated rings. The van der Waals surface area contributed by atoms with E-state index in [4.69, 9.17) is 11.6 Å². The molecule has 0 spiro atoms. The maximum atomic E-state index is 13.8. The maximum absolute atomic E-state index is 13.8. The molecule has 1 aliphatic carbocycles. The third-order valence-electron chi connectivity index (χ3n) is 8.14. The van der Waals surface area contributed by atoms with E-state index in [1.165, 1.54) is 48.5 Å². The number of carbonyl (C=O) groups excluding carboxylic acids is 1. The number of carbonyl (C=O) groups is 1. The van der Waals surface area contributed by atoms with E-state index in [1.54, 1.807) is 0 Å². The second kappa shape index (κ2) is 24.4. The zero-order valence-electron chi connectivity index (χ0n) is 34.8. The van der Waals surface area contributed by atoms with Gasteiger partial charge in [0.25, 0.3) is 0 Å². The van der Waals surface area contributed by atoms with E-state index in [1.807, 2.05) is 0 Å². The molecule has 4 aromatic carbocycles. The summed E-state index contributed by atoms with van der Waals surface area (Å²) in [7, 11) is -24.9. The number of benzene rings is 4. The molecule has 0 bridgehead atoms. The smallest absolute Gasteiger partial charge is 0.744 e. The van der Waals surface area contributed by atoms with Gasteiger partial charge in [0.1, 0.15) is 36.1 Å². The number of hydrogen-bond donors (Lipinski definition) is 4. The summed E-state index contributed by atoms with van der Waals surface area (Å²) < 4.78 is 170. The van der Waals surface area contributed by atoms with E-state index in [2.05, 4.69) is 45.6 Å². The Kier molecular flexibility index (Phi) is 22.3. The number of Topliss-reactive ketones (excluding diaryl/α,β-unsaturated/α-hetero) is 1. The van der Waals surface area contributed by atoms with Crippen molar-refractivity contribution in [1.82, 2.24) is 15.0 Å². The topological polar surface area (TPSA) is 388 Å². The first-order valence-electron chi connectivity index (χ1n) is 16.8. The number of hydrogen-bond acceptors (Lipinski definition) is 24. The molecule has 67 heavy (non-hydrogen) atoms. The monoisotopic (exact) mass is 1070 g/mol. The number of sulfone groups is 1. The molecule has 0 amide bonds. The quantitative estimate of drug-likeness (QED) is 0.0308. The van der Waals surface area contributed by atoms with Crippen LogP contribution in [-0.4, -0.2) is 99.1 Å². The minimum Gasteiger partial charge on any atom is -0.744 e. The summed E-state index contributed by atoms with van der Waals surface area (Å²) in [5.41, 5.74) is 0.402. The van der Waals surface area contributed by atoms with Gasteiger partial charge in [0, 0.05) is 28.3 Å². The fraction of sp³-hybridized carbons (Fsp3) is 0.0606. The van der Waals surface area contributed by atoms with Gasteiger partial charge < -0.3 is 34.2 Å². The van der Waals surface area contributed by atoms with Crippen LogP contribution in [0, 0.1) is 0 Å². The molecule has 1 aromatic heterocycles. The normalized spacial score (nSPS) is 13.3. The van der Waals surface area contributed by atoms with E-state index in [0.717, 1.165) is 42.5 Å². The first-order valence-corrected chi connectivity index (χ1v) is 24.4. The summed E-state index contributed by atoms with van der Waals surface area (Å²) in [4.78, 5) is 22.7. The molecule has 0 unspecified atom stereocenters. The first-order chi connectivity index (χ1) is 29.2. The van der Waals surface area contributed by atoms with Crippen molar-refractivity contribution in [2.45, 2.75) is 14.7 Å². The number of anilines is 7. The van der Waals surface area contributed by atoms with E-state index in [9.17, 15) is 65.1 Å². The van der Waals surface area contributed by atoms with E-state index in [0.29, 0.717) is 0 Å². The van der Waals surface area contributed by atoms with Crippen molar-refractivity contribution in [3.05, 3.63) is 106 Å². The van der Waals surface area contributed by atoms with Crippen LogP contribution in [0.2, 0.25) is 5.28 Å². The third kappa shape index (κ3) is 16.8. The van der Waals surface area contributed by atoms with Gasteiger partial charge in [0.05, 0.1) is 37.6 Å². The van der Waals surface area contributed by atoms with Crippen molar-refractivity contribution in [2.75, 3.05) is 33.7 Å². The molecule has 0 saturated heterocycles. The van der Waals surface area contributed by atoms with Gasteiger partial charge >= 0.3 is 118 Å². The summed E-state index contributed by atoms with van der Waals surface area (Å²) in [6, 6.07) is 16.4. The molecule has 1 heterocycles. The standard InChI is InChI=1S/C33H27ClN8O16S5.4Na/c34-31-38-32(36-20-4-1-5-23(14-20)59(44,45)12-11-58-63(55,56)57)40-33(39-31)37-22-9-10-27(61(49,50)51)26(17-22)41-42-29-28(62(52,53)54)13-18-7-8-21(16-25(18)30(29)43)35-19-3-2-6-24(15-19)60(46,47)48;;;;/h1-10,13-17,35,41H,11-12H2,(H,46,47,48)(H,49,50,51)(H,52,53,54)(H,55,56,57)(H2,36,37,38,39,40);;;;/q;4*+1/p-4. The third-order valence-corrected chi connectivity index (χ3v) is 13.0. The van der Waals surface area contributed by atoms with Crippen molar-refractivity contribution < 1.29 is 188 Å². The number of fused-ring (bicyclic) bond motifs is 1. The first kappa shape index (κ1) is 61.1. The Balaban J connectivity index is 0.00000385. The summed E-state index contributed by atoms with van der Waals surface area (Å²) in [5, 5.41) is 11.4. The van der Waals surface area contributed by atoms with Crippen molar-refractivity contribution in [3.8, 4) is 0 Å². The van der Waals surface area contributed by atoms with E-state index in [-0.39, 0.29) is 169 Å². The molecule has 332 valence electrons. The maximum Gasteiger partial charge on any atom is 1.00 e. The van der Waals surface area contributed by atoms with Crippen molar-refractivity contribution >= 4 is 120 Å². The van der Waals surface area contributed by atoms with Crippen molar-refractivity contribution in [1.29, 1.82) is 0 Å². The van der Waals surface area contributed by atoms with Gasteiger partial charge in [-0.05, 0) is 90.0 Å². The summed E-state index contributed by atoms with van der Waals surface area (Å²) in [5.74, 6) is -2.65. The van der Waals surface area contributed by atoms with Gasteiger partial charge in [-0.25, -0.2) is 42.1 Å². The average Bonchev–Trinajstić information content (AvgIpc) is 3.16. The molecule has 0 radical (unpaired) electrons. The average molecular weight is 1080 g/mol. The molecule has 0 saturated carbocycles. The van der Waals surface area contributed by atoms with Gasteiger partial charge in [-0.3, -0.25) is 14.4 Å². The Morgan fingerprint density at radius 2 is 1.15 bits per heavy atom. The number of hydrazone groups is 1. The van der Waals surface area contributed by atoms with Gasteiger partial charge in [0.15, 0.2) is 9.84 Å². The van der Waals surface area contributed by atoms with Crippen LogP contribution in [0.5, 0.6) is 0 Å². The number of halogens is 1. The number of nitrogens with one attached hydrogen (secondary N) is 4. The van der Waals surface area contributed by atoms with Crippen LogP contribution in [0.15, 0.2) is 110 Å². The fourth-order valence-corrected chi connectivity index (χ4v) is 8.93. The molecule has 5 aromatic rings. The van der Waals surface area contributed by atoms with Gasteiger partial charge in [-0.15, -0.1) is 0 Å². The molecule has 1 aliphatic rings. The second-order valence-electron chi connectivity index (χ2n) is 12.5. The van der Waals surface area contributed by atoms with Crippen LogP contribution in [-0.2, 0) is 54.8 Å². The molecule has 4 N–H and O–H groups in total. The molecule has 34 heteroatoms. The number of ketones is 1. The number of allylic oxidation sites excluding steroid dienone is 1. The summed E-state index contributed by atoms with van der Waals surface area (Å²) in [6.45, 7) is -0.940. The van der Waals surface area contributed by atoms with Gasteiger partial charge in [-0.1, -0.05) is 18.2 Å². The molecule has 0 atom stereocenters. The second-order valence-corrected chi connectivity index (χ2v) is 20.1. The largest absolute Gasteiger partial charge is 1.00 e. The molecule has 6 rings (SSSR count). The minimum atomic E-state index is -5.45. The Morgan fingerprint density at radius 3 is 1.72 bits per heavy atom. The van der Waals surface area contributed by atoms with Gasteiger partial charge in [0.2, 0.25) is 33.4 Å². The fourth-order valence-electron chi connectivity index (χ4n) is 5.48.